The second kappa shape index (κ2) is 9.05. The Morgan fingerprint density at radius 3 is 2.24 bits per heavy atom. The summed E-state index contributed by atoms with van der Waals surface area (Å²) in [6, 6.07) is 12.7. The van der Waals surface area contributed by atoms with Gasteiger partial charge in [0.15, 0.2) is 11.5 Å². The minimum Gasteiger partial charge on any atom is -0.493 e. The maximum atomic E-state index is 13.0. The molecule has 0 spiro atoms. The van der Waals surface area contributed by atoms with Crippen LogP contribution in [-0.4, -0.2) is 40.4 Å². The van der Waals surface area contributed by atoms with Crippen LogP contribution in [0.4, 0.5) is 5.69 Å². The van der Waals surface area contributed by atoms with Crippen LogP contribution in [0.2, 0.25) is 0 Å². The van der Waals surface area contributed by atoms with E-state index in [9.17, 15) is 4.79 Å². The molecule has 6 nitrogen and oxygen atoms in total. The zero-order chi connectivity index (χ0) is 18.2. The maximum absolute atomic E-state index is 13.0. The number of rotatable bonds is 8. The molecule has 2 aromatic rings. The van der Waals surface area contributed by atoms with Crippen molar-refractivity contribution in [1.82, 2.24) is 0 Å². The van der Waals surface area contributed by atoms with Crippen molar-refractivity contribution in [3.05, 3.63) is 53.6 Å². The molecule has 25 heavy (non-hydrogen) atoms. The van der Waals surface area contributed by atoms with Crippen molar-refractivity contribution in [2.24, 2.45) is 5.73 Å². The Labute approximate surface area is 148 Å². The normalized spacial score (nSPS) is 10.4. The smallest absolute Gasteiger partial charge is 0.258 e. The van der Waals surface area contributed by atoms with Crippen LogP contribution < -0.4 is 20.1 Å². The second-order valence-electron chi connectivity index (χ2n) is 5.39. The van der Waals surface area contributed by atoms with Gasteiger partial charge in [-0.15, -0.1) is 0 Å². The minimum atomic E-state index is -0.118. The molecule has 0 heterocycles. The molecule has 0 atom stereocenters. The number of amides is 1. The van der Waals surface area contributed by atoms with Crippen molar-refractivity contribution in [1.29, 1.82) is 0 Å². The quantitative estimate of drug-likeness (QED) is 0.796. The molecule has 1 amide bonds. The Bertz CT molecular complexity index is 701. The van der Waals surface area contributed by atoms with Gasteiger partial charge in [0.1, 0.15) is 0 Å². The molecule has 0 aliphatic carbocycles. The fourth-order valence-electron chi connectivity index (χ4n) is 2.46. The van der Waals surface area contributed by atoms with Crippen molar-refractivity contribution >= 4 is 11.6 Å². The summed E-state index contributed by atoms with van der Waals surface area (Å²) in [5, 5.41) is 0. The molecular weight excluding hydrogens is 320 g/mol. The van der Waals surface area contributed by atoms with E-state index < -0.39 is 0 Å². The number of methoxy groups -OCH3 is 3. The molecule has 134 valence electrons. The first-order chi connectivity index (χ1) is 12.1. The number of nitrogens with two attached hydrogens (primary N) is 1. The lowest BCUT2D eigenvalue weighted by Gasteiger charge is -2.24. The molecule has 0 radical (unpaired) electrons. The topological polar surface area (TPSA) is 74.0 Å². The Kier molecular flexibility index (Phi) is 6.80. The van der Waals surface area contributed by atoms with Crippen molar-refractivity contribution in [2.45, 2.75) is 6.54 Å². The number of carbonyl (C=O) groups excluding carboxylic acids is 1. The van der Waals surface area contributed by atoms with Gasteiger partial charge in [-0.2, -0.15) is 0 Å². The van der Waals surface area contributed by atoms with Gasteiger partial charge in [-0.1, -0.05) is 12.1 Å². The number of nitrogens with zero attached hydrogens (tertiary/aromatic N) is 1. The summed E-state index contributed by atoms with van der Waals surface area (Å²) >= 11 is 0. The van der Waals surface area contributed by atoms with Crippen molar-refractivity contribution in [3.8, 4) is 11.5 Å². The summed E-state index contributed by atoms with van der Waals surface area (Å²) < 4.78 is 15.7. The van der Waals surface area contributed by atoms with Gasteiger partial charge in [0.25, 0.3) is 5.91 Å². The molecule has 2 N–H and O–H groups in total. The third-order valence-electron chi connectivity index (χ3n) is 3.88. The highest BCUT2D eigenvalue weighted by Crippen LogP contribution is 2.32. The van der Waals surface area contributed by atoms with E-state index in [0.717, 1.165) is 5.56 Å². The first kappa shape index (κ1) is 18.8. The molecule has 2 rings (SSSR count). The lowest BCUT2D eigenvalue weighted by molar-refractivity contribution is 0.0976. The molecule has 0 aliphatic rings. The van der Waals surface area contributed by atoms with E-state index in [1.54, 1.807) is 50.5 Å². The highest BCUT2D eigenvalue weighted by molar-refractivity contribution is 6.06. The third-order valence-corrected chi connectivity index (χ3v) is 3.88. The predicted molar refractivity (Wildman–Crippen MR) is 97.4 cm³/mol. The Morgan fingerprint density at radius 2 is 1.68 bits per heavy atom. The van der Waals surface area contributed by atoms with E-state index in [-0.39, 0.29) is 5.91 Å². The van der Waals surface area contributed by atoms with Crippen LogP contribution in [0, 0.1) is 0 Å². The van der Waals surface area contributed by atoms with Gasteiger partial charge in [-0.25, -0.2) is 0 Å². The lowest BCUT2D eigenvalue weighted by Crippen LogP contribution is -2.34. The van der Waals surface area contributed by atoms with Crippen LogP contribution >= 0.6 is 0 Å². The average molecular weight is 344 g/mol. The molecular formula is C19H24N2O4. The number of benzene rings is 2. The van der Waals surface area contributed by atoms with Crippen LogP contribution in [0.1, 0.15) is 15.9 Å². The number of carbonyl (C=O) groups is 1. The minimum absolute atomic E-state index is 0.118. The van der Waals surface area contributed by atoms with E-state index in [0.29, 0.717) is 42.4 Å². The maximum Gasteiger partial charge on any atom is 0.258 e. The molecule has 6 heteroatoms. The summed E-state index contributed by atoms with van der Waals surface area (Å²) in [6.07, 6.45) is 0. The van der Waals surface area contributed by atoms with Crippen LogP contribution in [0.5, 0.6) is 11.5 Å². The van der Waals surface area contributed by atoms with E-state index in [4.69, 9.17) is 19.9 Å². The van der Waals surface area contributed by atoms with E-state index in [1.807, 2.05) is 18.2 Å². The second-order valence-corrected chi connectivity index (χ2v) is 5.39. The highest BCUT2D eigenvalue weighted by Gasteiger charge is 2.19. The molecule has 0 saturated carbocycles. The molecule has 0 bridgehead atoms. The summed E-state index contributed by atoms with van der Waals surface area (Å²) in [5.41, 5.74) is 7.89. The zero-order valence-corrected chi connectivity index (χ0v) is 14.8. The fourth-order valence-corrected chi connectivity index (χ4v) is 2.46. The average Bonchev–Trinajstić information content (AvgIpc) is 2.67. The SMILES string of the molecule is COCCN(C(=O)c1ccc(CN)cc1)c1ccc(OC)c(OC)c1. The van der Waals surface area contributed by atoms with Crippen LogP contribution in [0.3, 0.4) is 0 Å². The molecule has 0 aliphatic heterocycles. The van der Waals surface area contributed by atoms with Gasteiger partial charge in [0, 0.05) is 37.5 Å². The standard InChI is InChI=1S/C19H24N2O4/c1-23-11-10-21(16-8-9-17(24-2)18(12-16)25-3)19(22)15-6-4-14(13-20)5-7-15/h4-9,12H,10-11,13,20H2,1-3H3. The summed E-state index contributed by atoms with van der Waals surface area (Å²) in [6.45, 7) is 1.28. The Balaban J connectivity index is 2.35. The lowest BCUT2D eigenvalue weighted by atomic mass is 10.1. The summed E-state index contributed by atoms with van der Waals surface area (Å²) in [7, 11) is 4.74. The van der Waals surface area contributed by atoms with Gasteiger partial charge in [0.2, 0.25) is 0 Å². The summed E-state index contributed by atoms with van der Waals surface area (Å²) in [4.78, 5) is 14.6. The first-order valence-corrected chi connectivity index (χ1v) is 7.96. The molecule has 0 unspecified atom stereocenters. The van der Waals surface area contributed by atoms with E-state index >= 15 is 0 Å². The predicted octanol–water partition coefficient (Wildman–Crippen LogP) is 2.46. The van der Waals surface area contributed by atoms with Gasteiger partial charge < -0.3 is 24.8 Å². The van der Waals surface area contributed by atoms with Gasteiger partial charge in [-0.3, -0.25) is 4.79 Å². The molecule has 2 aromatic carbocycles. The first-order valence-electron chi connectivity index (χ1n) is 7.96. The van der Waals surface area contributed by atoms with Gasteiger partial charge >= 0.3 is 0 Å². The Morgan fingerprint density at radius 1 is 1.00 bits per heavy atom. The van der Waals surface area contributed by atoms with Crippen molar-refractivity contribution < 1.29 is 19.0 Å². The van der Waals surface area contributed by atoms with Crippen molar-refractivity contribution in [3.63, 3.8) is 0 Å². The summed E-state index contributed by atoms with van der Waals surface area (Å²) in [5.74, 6) is 1.05. The number of anilines is 1. The van der Waals surface area contributed by atoms with E-state index in [1.165, 1.54) is 0 Å². The fraction of sp³-hybridized carbons (Fsp3) is 0.316. The number of hydrogen-bond acceptors (Lipinski definition) is 5. The third kappa shape index (κ3) is 4.49. The molecule has 0 fully saturated rings. The van der Waals surface area contributed by atoms with Gasteiger partial charge in [-0.05, 0) is 29.8 Å². The molecule has 0 aromatic heterocycles. The van der Waals surface area contributed by atoms with E-state index in [2.05, 4.69) is 0 Å². The van der Waals surface area contributed by atoms with Crippen LogP contribution in [-0.2, 0) is 11.3 Å². The monoisotopic (exact) mass is 344 g/mol. The van der Waals surface area contributed by atoms with Crippen LogP contribution in [0.25, 0.3) is 0 Å². The highest BCUT2D eigenvalue weighted by atomic mass is 16.5. The Hall–Kier alpha value is -2.57. The zero-order valence-electron chi connectivity index (χ0n) is 14.8. The van der Waals surface area contributed by atoms with Gasteiger partial charge in [0.05, 0.1) is 20.8 Å². The number of hydrogen-bond donors (Lipinski definition) is 1. The number of ether oxygens (including phenoxy) is 3. The van der Waals surface area contributed by atoms with Crippen molar-refractivity contribution in [2.75, 3.05) is 39.4 Å². The largest absolute Gasteiger partial charge is 0.493 e. The molecule has 0 saturated heterocycles. The van der Waals surface area contributed by atoms with Crippen LogP contribution in [0.15, 0.2) is 42.5 Å².